The molecule has 1 heterocycles. The minimum atomic E-state index is -3.12. The molecule has 0 unspecified atom stereocenters. The topological polar surface area (TPSA) is 58.2 Å². The number of piperidine rings is 1. The summed E-state index contributed by atoms with van der Waals surface area (Å²) >= 11 is 0. The molecule has 0 radical (unpaired) electrons. The SMILES string of the molecule is CC1(NS(=O)(=O)CC2CCCCC2)CCNCC1. The first-order chi connectivity index (χ1) is 8.49. The summed E-state index contributed by atoms with van der Waals surface area (Å²) in [5.41, 5.74) is -0.237. The number of rotatable bonds is 4. The van der Waals surface area contributed by atoms with Crippen molar-refractivity contribution >= 4 is 10.0 Å². The molecule has 1 saturated carbocycles. The predicted molar refractivity (Wildman–Crippen MR) is 74.0 cm³/mol. The highest BCUT2D eigenvalue weighted by molar-refractivity contribution is 7.89. The Kier molecular flexibility index (Phi) is 4.67. The van der Waals surface area contributed by atoms with Gasteiger partial charge in [0, 0.05) is 5.54 Å². The van der Waals surface area contributed by atoms with Crippen LogP contribution in [0.15, 0.2) is 0 Å². The molecule has 0 amide bonds. The van der Waals surface area contributed by atoms with Gasteiger partial charge < -0.3 is 5.32 Å². The van der Waals surface area contributed by atoms with Crippen molar-refractivity contribution in [3.63, 3.8) is 0 Å². The molecule has 0 aromatic carbocycles. The summed E-state index contributed by atoms with van der Waals surface area (Å²) in [6.07, 6.45) is 7.60. The molecular weight excluding hydrogens is 248 g/mol. The zero-order chi connectivity index (χ0) is 13.1. The van der Waals surface area contributed by atoms with Gasteiger partial charge >= 0.3 is 0 Å². The fraction of sp³-hybridized carbons (Fsp3) is 1.00. The van der Waals surface area contributed by atoms with Crippen molar-refractivity contribution in [1.82, 2.24) is 10.0 Å². The van der Waals surface area contributed by atoms with Crippen molar-refractivity contribution in [3.05, 3.63) is 0 Å². The van der Waals surface area contributed by atoms with E-state index in [0.717, 1.165) is 38.8 Å². The minimum Gasteiger partial charge on any atom is -0.317 e. The summed E-state index contributed by atoms with van der Waals surface area (Å²) in [6.45, 7) is 3.84. The second-order valence-corrected chi connectivity index (χ2v) is 7.97. The lowest BCUT2D eigenvalue weighted by Crippen LogP contribution is -2.53. The zero-order valence-corrected chi connectivity index (χ0v) is 12.2. The molecule has 0 aromatic heterocycles. The number of hydrogen-bond acceptors (Lipinski definition) is 3. The number of hydrogen-bond donors (Lipinski definition) is 2. The van der Waals surface area contributed by atoms with E-state index in [1.54, 1.807) is 0 Å². The number of sulfonamides is 1. The van der Waals surface area contributed by atoms with Crippen LogP contribution in [0.4, 0.5) is 0 Å². The zero-order valence-electron chi connectivity index (χ0n) is 11.4. The van der Waals surface area contributed by atoms with Gasteiger partial charge in [-0.2, -0.15) is 0 Å². The third-order valence-electron chi connectivity index (χ3n) is 4.29. The van der Waals surface area contributed by atoms with E-state index in [4.69, 9.17) is 0 Å². The second kappa shape index (κ2) is 5.88. The highest BCUT2D eigenvalue weighted by Gasteiger charge is 2.32. The molecule has 0 atom stereocenters. The Bertz CT molecular complexity index is 355. The van der Waals surface area contributed by atoms with Crippen molar-refractivity contribution in [1.29, 1.82) is 0 Å². The second-order valence-electron chi connectivity index (χ2n) is 6.20. The molecule has 1 aliphatic carbocycles. The lowest BCUT2D eigenvalue weighted by atomic mass is 9.91. The summed E-state index contributed by atoms with van der Waals surface area (Å²) in [4.78, 5) is 0. The van der Waals surface area contributed by atoms with E-state index in [9.17, 15) is 8.42 Å². The summed E-state index contributed by atoms with van der Waals surface area (Å²) in [6, 6.07) is 0. The maximum Gasteiger partial charge on any atom is 0.212 e. The first kappa shape index (κ1) is 14.3. The van der Waals surface area contributed by atoms with E-state index in [2.05, 4.69) is 10.0 Å². The van der Waals surface area contributed by atoms with Crippen molar-refractivity contribution in [2.75, 3.05) is 18.8 Å². The van der Waals surface area contributed by atoms with Gasteiger partial charge in [-0.3, -0.25) is 0 Å². The first-order valence-electron chi connectivity index (χ1n) is 7.22. The molecule has 2 aliphatic rings. The van der Waals surface area contributed by atoms with Crippen molar-refractivity contribution in [3.8, 4) is 0 Å². The third-order valence-corrected chi connectivity index (χ3v) is 6.00. The highest BCUT2D eigenvalue weighted by atomic mass is 32.2. The molecule has 2 fully saturated rings. The van der Waals surface area contributed by atoms with Crippen LogP contribution in [-0.4, -0.2) is 32.8 Å². The summed E-state index contributed by atoms with van der Waals surface area (Å²) < 4.78 is 27.4. The molecule has 2 rings (SSSR count). The Morgan fingerprint density at radius 2 is 1.78 bits per heavy atom. The van der Waals surface area contributed by atoms with Gasteiger partial charge in [0.2, 0.25) is 10.0 Å². The molecule has 0 aromatic rings. The van der Waals surface area contributed by atoms with Gasteiger partial charge in [0.05, 0.1) is 5.75 Å². The quantitative estimate of drug-likeness (QED) is 0.819. The summed E-state index contributed by atoms with van der Waals surface area (Å²) in [7, 11) is -3.12. The monoisotopic (exact) mass is 274 g/mol. The first-order valence-corrected chi connectivity index (χ1v) is 8.87. The van der Waals surface area contributed by atoms with Crippen LogP contribution in [0, 0.1) is 5.92 Å². The highest BCUT2D eigenvalue weighted by Crippen LogP contribution is 2.26. The molecule has 0 bridgehead atoms. The molecule has 1 saturated heterocycles. The fourth-order valence-electron chi connectivity index (χ4n) is 3.16. The molecule has 1 aliphatic heterocycles. The lowest BCUT2D eigenvalue weighted by molar-refractivity contribution is 0.305. The molecule has 4 nitrogen and oxygen atoms in total. The Morgan fingerprint density at radius 1 is 1.17 bits per heavy atom. The maximum atomic E-state index is 12.2. The van der Waals surface area contributed by atoms with Gasteiger partial charge in [0.1, 0.15) is 0 Å². The van der Waals surface area contributed by atoms with Gasteiger partial charge in [-0.05, 0) is 51.6 Å². The van der Waals surface area contributed by atoms with Gasteiger partial charge in [-0.25, -0.2) is 13.1 Å². The Morgan fingerprint density at radius 3 is 2.39 bits per heavy atom. The van der Waals surface area contributed by atoms with Crippen molar-refractivity contribution in [2.24, 2.45) is 5.92 Å². The molecule has 106 valence electrons. The van der Waals surface area contributed by atoms with Crippen LogP contribution < -0.4 is 10.0 Å². The van der Waals surface area contributed by atoms with Crippen LogP contribution in [0.2, 0.25) is 0 Å². The predicted octanol–water partition coefficient (Wildman–Crippen LogP) is 1.63. The van der Waals surface area contributed by atoms with Crippen LogP contribution in [0.1, 0.15) is 51.9 Å². The maximum absolute atomic E-state index is 12.2. The van der Waals surface area contributed by atoms with Gasteiger partial charge in [0.25, 0.3) is 0 Å². The molecule has 5 heteroatoms. The van der Waals surface area contributed by atoms with E-state index >= 15 is 0 Å². The van der Waals surface area contributed by atoms with E-state index < -0.39 is 10.0 Å². The van der Waals surface area contributed by atoms with Crippen LogP contribution in [-0.2, 0) is 10.0 Å². The standard InChI is InChI=1S/C13H26N2O2S/c1-13(7-9-14-10-8-13)15-18(16,17)11-12-5-3-2-4-6-12/h12,14-15H,2-11H2,1H3. The van der Waals surface area contributed by atoms with Crippen LogP contribution in [0.3, 0.4) is 0 Å². The molecule has 2 N–H and O–H groups in total. The van der Waals surface area contributed by atoms with E-state index in [-0.39, 0.29) is 5.54 Å². The Labute approximate surface area is 111 Å². The number of nitrogens with one attached hydrogen (secondary N) is 2. The minimum absolute atomic E-state index is 0.237. The van der Waals surface area contributed by atoms with E-state index in [0.29, 0.717) is 11.7 Å². The van der Waals surface area contributed by atoms with Crippen LogP contribution in [0.25, 0.3) is 0 Å². The smallest absolute Gasteiger partial charge is 0.212 e. The average Bonchev–Trinajstić information content (AvgIpc) is 2.29. The van der Waals surface area contributed by atoms with Crippen LogP contribution >= 0.6 is 0 Å². The third kappa shape index (κ3) is 4.21. The fourth-order valence-corrected chi connectivity index (χ4v) is 5.15. The average molecular weight is 274 g/mol. The summed E-state index contributed by atoms with van der Waals surface area (Å²) in [5.74, 6) is 0.706. The lowest BCUT2D eigenvalue weighted by Gasteiger charge is -2.35. The Hall–Kier alpha value is -0.130. The molecule has 0 spiro atoms. The largest absolute Gasteiger partial charge is 0.317 e. The van der Waals surface area contributed by atoms with Gasteiger partial charge in [-0.1, -0.05) is 19.3 Å². The molecular formula is C13H26N2O2S. The van der Waals surface area contributed by atoms with Crippen molar-refractivity contribution < 1.29 is 8.42 Å². The van der Waals surface area contributed by atoms with E-state index in [1.165, 1.54) is 19.3 Å². The van der Waals surface area contributed by atoms with Gasteiger partial charge in [0.15, 0.2) is 0 Å². The normalized spacial score (nSPS) is 26.1. The van der Waals surface area contributed by atoms with Crippen molar-refractivity contribution in [2.45, 2.75) is 57.4 Å². The Balaban J connectivity index is 1.89. The molecule has 18 heavy (non-hydrogen) atoms. The van der Waals surface area contributed by atoms with E-state index in [1.807, 2.05) is 6.92 Å². The van der Waals surface area contributed by atoms with Crippen LogP contribution in [0.5, 0.6) is 0 Å². The summed E-state index contributed by atoms with van der Waals surface area (Å²) in [5, 5.41) is 3.27. The van der Waals surface area contributed by atoms with Gasteiger partial charge in [-0.15, -0.1) is 0 Å².